The molecule has 1 aromatic carbocycles. The lowest BCUT2D eigenvalue weighted by Crippen LogP contribution is -2.12. The Morgan fingerprint density at radius 1 is 1.31 bits per heavy atom. The van der Waals surface area contributed by atoms with Crippen molar-refractivity contribution in [2.24, 2.45) is 0 Å². The van der Waals surface area contributed by atoms with E-state index in [0.717, 1.165) is 28.8 Å². The number of hydrogen-bond donors (Lipinski definition) is 1. The summed E-state index contributed by atoms with van der Waals surface area (Å²) >= 11 is 2.03. The van der Waals surface area contributed by atoms with Crippen LogP contribution in [0.15, 0.2) is 29.2 Å². The van der Waals surface area contributed by atoms with Crippen LogP contribution in [-0.2, 0) is 4.74 Å². The second-order valence-electron chi connectivity index (χ2n) is 5.52. The number of carbonyl (C=O) groups is 2. The SMILES string of the molecule is CCOC(=O)c1sc(NC(=O)c2ccc(N(C)C)cc2)c(SC#N)c1C. The molecular formula is C18H19N3O3S2. The normalized spacial score (nSPS) is 10.1. The predicted molar refractivity (Wildman–Crippen MR) is 105 cm³/mol. The van der Waals surface area contributed by atoms with Crippen molar-refractivity contribution in [1.29, 1.82) is 5.26 Å². The molecule has 0 bridgehead atoms. The maximum atomic E-state index is 12.5. The molecule has 0 aliphatic heterocycles. The number of carbonyl (C=O) groups excluding carboxylic acids is 2. The molecule has 136 valence electrons. The lowest BCUT2D eigenvalue weighted by molar-refractivity contribution is 0.0531. The molecule has 1 aromatic heterocycles. The number of thiocyanates is 1. The first kappa shape index (κ1) is 19.8. The minimum absolute atomic E-state index is 0.261. The van der Waals surface area contributed by atoms with Gasteiger partial charge in [0.1, 0.15) is 15.3 Å². The number of thioether (sulfide) groups is 1. The molecule has 1 heterocycles. The number of nitrogens with zero attached hydrogens (tertiary/aromatic N) is 2. The van der Waals surface area contributed by atoms with Gasteiger partial charge in [0.05, 0.1) is 11.5 Å². The van der Waals surface area contributed by atoms with Gasteiger partial charge in [0.25, 0.3) is 5.91 Å². The van der Waals surface area contributed by atoms with Crippen molar-refractivity contribution in [1.82, 2.24) is 0 Å². The summed E-state index contributed by atoms with van der Waals surface area (Å²) in [7, 11) is 3.84. The zero-order valence-corrected chi connectivity index (χ0v) is 16.6. The summed E-state index contributed by atoms with van der Waals surface area (Å²) in [5, 5.41) is 14.3. The Hall–Kier alpha value is -2.50. The first-order valence-electron chi connectivity index (χ1n) is 7.84. The summed E-state index contributed by atoms with van der Waals surface area (Å²) in [6.45, 7) is 3.73. The van der Waals surface area contributed by atoms with E-state index >= 15 is 0 Å². The summed E-state index contributed by atoms with van der Waals surface area (Å²) < 4.78 is 5.04. The average Bonchev–Trinajstić information content (AvgIpc) is 2.92. The third kappa shape index (κ3) is 4.36. The van der Waals surface area contributed by atoms with Crippen molar-refractivity contribution in [3.8, 4) is 5.40 Å². The molecular weight excluding hydrogens is 370 g/mol. The topological polar surface area (TPSA) is 82.4 Å². The van der Waals surface area contributed by atoms with Crippen molar-refractivity contribution in [2.45, 2.75) is 18.7 Å². The molecule has 0 saturated heterocycles. The molecule has 0 radical (unpaired) electrons. The minimum atomic E-state index is -0.453. The number of ether oxygens (including phenoxy) is 1. The Bertz CT molecular complexity index is 852. The third-order valence-corrected chi connectivity index (χ3v) is 5.70. The van der Waals surface area contributed by atoms with Crippen LogP contribution in [0.5, 0.6) is 0 Å². The molecule has 1 amide bonds. The van der Waals surface area contributed by atoms with Gasteiger partial charge in [-0.2, -0.15) is 5.26 Å². The summed E-state index contributed by atoms with van der Waals surface area (Å²) in [4.78, 5) is 27.5. The number of benzene rings is 1. The quantitative estimate of drug-likeness (QED) is 0.454. The molecule has 2 rings (SSSR count). The van der Waals surface area contributed by atoms with Crippen molar-refractivity contribution < 1.29 is 14.3 Å². The van der Waals surface area contributed by atoms with Gasteiger partial charge in [-0.25, -0.2) is 4.79 Å². The molecule has 6 nitrogen and oxygen atoms in total. The van der Waals surface area contributed by atoms with Crippen molar-refractivity contribution >= 4 is 45.7 Å². The Morgan fingerprint density at radius 3 is 2.50 bits per heavy atom. The molecule has 0 spiro atoms. The van der Waals surface area contributed by atoms with Crippen LogP contribution in [0, 0.1) is 17.6 Å². The highest BCUT2D eigenvalue weighted by Gasteiger charge is 2.23. The fourth-order valence-corrected chi connectivity index (χ4v) is 4.02. The van der Waals surface area contributed by atoms with Gasteiger partial charge in [0.2, 0.25) is 0 Å². The first-order valence-corrected chi connectivity index (χ1v) is 9.47. The molecule has 0 aliphatic carbocycles. The van der Waals surface area contributed by atoms with Gasteiger partial charge in [-0.15, -0.1) is 11.3 Å². The standard InChI is InChI=1S/C18H19N3O3S2/c1-5-24-18(23)15-11(2)14(25-10-19)17(26-15)20-16(22)12-6-8-13(9-7-12)21(3)4/h6-9H,5H2,1-4H3,(H,20,22). The number of thiophene rings is 1. The number of nitrogens with one attached hydrogen (secondary N) is 1. The lowest BCUT2D eigenvalue weighted by Gasteiger charge is -2.12. The van der Waals surface area contributed by atoms with Gasteiger partial charge in [-0.05, 0) is 55.4 Å². The van der Waals surface area contributed by atoms with Gasteiger partial charge in [-0.3, -0.25) is 4.79 Å². The number of esters is 1. The Balaban J connectivity index is 2.29. The van der Waals surface area contributed by atoms with Gasteiger partial charge in [0.15, 0.2) is 0 Å². The molecule has 0 saturated carbocycles. The van der Waals surface area contributed by atoms with Crippen molar-refractivity contribution in [3.63, 3.8) is 0 Å². The highest BCUT2D eigenvalue weighted by Crippen LogP contribution is 2.40. The molecule has 0 fully saturated rings. The van der Waals surface area contributed by atoms with Crippen LogP contribution in [0.25, 0.3) is 0 Å². The molecule has 26 heavy (non-hydrogen) atoms. The van der Waals surface area contributed by atoms with Crippen LogP contribution in [-0.4, -0.2) is 32.6 Å². The smallest absolute Gasteiger partial charge is 0.348 e. The minimum Gasteiger partial charge on any atom is -0.462 e. The maximum absolute atomic E-state index is 12.5. The summed E-state index contributed by atoms with van der Waals surface area (Å²) in [6.07, 6.45) is 0. The molecule has 0 aliphatic rings. The number of nitriles is 1. The molecule has 8 heteroatoms. The van der Waals surface area contributed by atoms with Gasteiger partial charge < -0.3 is 15.0 Å². The highest BCUT2D eigenvalue weighted by atomic mass is 32.2. The summed E-state index contributed by atoms with van der Waals surface area (Å²) in [6, 6.07) is 7.16. The largest absolute Gasteiger partial charge is 0.462 e. The second-order valence-corrected chi connectivity index (χ2v) is 7.34. The van der Waals surface area contributed by atoms with E-state index in [0.29, 0.717) is 25.9 Å². The number of hydrogen-bond acceptors (Lipinski definition) is 7. The maximum Gasteiger partial charge on any atom is 0.348 e. The summed E-state index contributed by atoms with van der Waals surface area (Å²) in [5.41, 5.74) is 2.12. The Kier molecular flexibility index (Phi) is 6.66. The van der Waals surface area contributed by atoms with E-state index in [4.69, 9.17) is 10.00 Å². The zero-order valence-electron chi connectivity index (χ0n) is 15.0. The zero-order chi connectivity index (χ0) is 19.3. The van der Waals surface area contributed by atoms with E-state index in [2.05, 4.69) is 5.32 Å². The molecule has 2 aromatic rings. The van der Waals surface area contributed by atoms with Gasteiger partial charge >= 0.3 is 5.97 Å². The number of rotatable bonds is 6. The Labute approximate surface area is 160 Å². The van der Waals surface area contributed by atoms with Crippen LogP contribution in [0.3, 0.4) is 0 Å². The van der Waals surface area contributed by atoms with Crippen LogP contribution < -0.4 is 10.2 Å². The van der Waals surface area contributed by atoms with Crippen LogP contribution >= 0.6 is 23.1 Å². The fraction of sp³-hybridized carbons (Fsp3) is 0.278. The second kappa shape index (κ2) is 8.74. The van der Waals surface area contributed by atoms with Gasteiger partial charge in [0, 0.05) is 25.3 Å². The van der Waals surface area contributed by atoms with E-state index in [9.17, 15) is 9.59 Å². The highest BCUT2D eigenvalue weighted by molar-refractivity contribution is 8.04. The number of amides is 1. The summed E-state index contributed by atoms with van der Waals surface area (Å²) in [5.74, 6) is -0.752. The van der Waals surface area contributed by atoms with E-state index in [-0.39, 0.29) is 12.5 Å². The first-order chi connectivity index (χ1) is 12.4. The predicted octanol–water partition coefficient (Wildman–Crippen LogP) is 4.12. The van der Waals surface area contributed by atoms with Crippen LogP contribution in [0.2, 0.25) is 0 Å². The van der Waals surface area contributed by atoms with Gasteiger partial charge in [-0.1, -0.05) is 0 Å². The van der Waals surface area contributed by atoms with E-state index < -0.39 is 5.97 Å². The number of anilines is 2. The van der Waals surface area contributed by atoms with E-state index in [1.54, 1.807) is 26.0 Å². The van der Waals surface area contributed by atoms with Crippen LogP contribution in [0.4, 0.5) is 10.7 Å². The molecule has 1 N–H and O–H groups in total. The monoisotopic (exact) mass is 389 g/mol. The molecule has 0 atom stereocenters. The fourth-order valence-electron chi connectivity index (χ4n) is 2.23. The lowest BCUT2D eigenvalue weighted by atomic mass is 10.2. The van der Waals surface area contributed by atoms with E-state index in [1.807, 2.05) is 36.5 Å². The third-order valence-electron chi connectivity index (χ3n) is 3.57. The van der Waals surface area contributed by atoms with E-state index in [1.165, 1.54) is 0 Å². The average molecular weight is 390 g/mol. The van der Waals surface area contributed by atoms with Crippen LogP contribution in [0.1, 0.15) is 32.5 Å². The Morgan fingerprint density at radius 2 is 1.96 bits per heavy atom. The van der Waals surface area contributed by atoms with Crippen molar-refractivity contribution in [2.75, 3.05) is 30.9 Å². The molecule has 0 unspecified atom stereocenters. The van der Waals surface area contributed by atoms with Crippen molar-refractivity contribution in [3.05, 3.63) is 40.3 Å².